The number of hydrogen-bond acceptors (Lipinski definition) is 6. The number of nitriles is 1. The van der Waals surface area contributed by atoms with Crippen molar-refractivity contribution in [3.8, 4) is 29.0 Å². The van der Waals surface area contributed by atoms with Crippen LogP contribution in [0.4, 0.5) is 0 Å². The molecule has 0 bridgehead atoms. The summed E-state index contributed by atoms with van der Waals surface area (Å²) in [5, 5.41) is 24.3. The lowest BCUT2D eigenvalue weighted by Gasteiger charge is -2.14. The van der Waals surface area contributed by atoms with Gasteiger partial charge in [-0.15, -0.1) is 0 Å². The number of nitrogens with zero attached hydrogens (tertiary/aromatic N) is 4. The van der Waals surface area contributed by atoms with Gasteiger partial charge >= 0.3 is 0 Å². The van der Waals surface area contributed by atoms with Crippen molar-refractivity contribution in [2.45, 2.75) is 24.9 Å². The Labute approximate surface area is 173 Å². The summed E-state index contributed by atoms with van der Waals surface area (Å²) >= 11 is 6.17. The smallest absolute Gasteiger partial charge is 0.217 e. The number of aliphatic hydroxyl groups excluding tert-OH is 1. The van der Waals surface area contributed by atoms with Crippen LogP contribution in [0, 0.1) is 11.3 Å². The summed E-state index contributed by atoms with van der Waals surface area (Å²) in [6.45, 7) is 0.0405. The Morgan fingerprint density at radius 1 is 1.38 bits per heavy atom. The van der Waals surface area contributed by atoms with E-state index in [9.17, 15) is 10.4 Å². The summed E-state index contributed by atoms with van der Waals surface area (Å²) in [5.74, 6) is 1.55. The number of aromatic nitrogens is 3. The lowest BCUT2D eigenvalue weighted by Crippen LogP contribution is -2.12. The molecule has 0 saturated heterocycles. The quantitative estimate of drug-likeness (QED) is 0.642. The minimum Gasteiger partial charge on any atom is -0.439 e. The molecule has 0 spiro atoms. The second-order valence-corrected chi connectivity index (χ2v) is 7.48. The minimum atomic E-state index is -0.898. The highest BCUT2D eigenvalue weighted by molar-refractivity contribution is 6.31. The molecule has 2 aromatic heterocycles. The van der Waals surface area contributed by atoms with E-state index in [0.29, 0.717) is 45.0 Å². The third-order valence-corrected chi connectivity index (χ3v) is 5.24. The third kappa shape index (κ3) is 3.96. The van der Waals surface area contributed by atoms with Gasteiger partial charge in [-0.3, -0.25) is 4.98 Å². The van der Waals surface area contributed by atoms with Crippen LogP contribution >= 0.6 is 11.6 Å². The van der Waals surface area contributed by atoms with Gasteiger partial charge in [0.15, 0.2) is 0 Å². The highest BCUT2D eigenvalue weighted by Crippen LogP contribution is 2.41. The van der Waals surface area contributed by atoms with Crippen molar-refractivity contribution in [1.82, 2.24) is 14.8 Å². The second-order valence-electron chi connectivity index (χ2n) is 7.07. The monoisotopic (exact) mass is 409 g/mol. The molecule has 8 heteroatoms. The molecule has 1 aliphatic carbocycles. The van der Waals surface area contributed by atoms with Crippen LogP contribution in [-0.2, 0) is 7.05 Å². The van der Waals surface area contributed by atoms with Crippen molar-refractivity contribution in [1.29, 1.82) is 5.26 Å². The van der Waals surface area contributed by atoms with E-state index >= 15 is 0 Å². The first-order valence-corrected chi connectivity index (χ1v) is 9.67. The SMILES string of the molecule is Cn1nc(C2CC2)cc1Oc1cc(C#N)ccc1-c1cc(C(O)CN)c(Cl)cn1. The number of aliphatic hydroxyl groups is 1. The summed E-state index contributed by atoms with van der Waals surface area (Å²) in [4.78, 5) is 4.38. The average molecular weight is 410 g/mol. The van der Waals surface area contributed by atoms with Crippen molar-refractivity contribution in [3.05, 3.63) is 58.4 Å². The Bertz CT molecular complexity index is 1100. The second kappa shape index (κ2) is 7.84. The maximum absolute atomic E-state index is 10.1. The van der Waals surface area contributed by atoms with E-state index in [-0.39, 0.29) is 6.54 Å². The zero-order valence-electron chi connectivity index (χ0n) is 15.8. The Balaban J connectivity index is 1.76. The first-order valence-electron chi connectivity index (χ1n) is 9.30. The number of pyridine rings is 1. The molecule has 29 heavy (non-hydrogen) atoms. The van der Waals surface area contributed by atoms with Crippen molar-refractivity contribution in [2.75, 3.05) is 6.54 Å². The van der Waals surface area contributed by atoms with Gasteiger partial charge in [0.05, 0.1) is 34.1 Å². The molecule has 1 unspecified atom stereocenters. The molecule has 1 saturated carbocycles. The van der Waals surface area contributed by atoms with Crippen LogP contribution in [0.3, 0.4) is 0 Å². The van der Waals surface area contributed by atoms with Crippen LogP contribution in [0.1, 0.15) is 41.7 Å². The summed E-state index contributed by atoms with van der Waals surface area (Å²) < 4.78 is 7.83. The van der Waals surface area contributed by atoms with Gasteiger partial charge < -0.3 is 15.6 Å². The highest BCUT2D eigenvalue weighted by atomic mass is 35.5. The fraction of sp³-hybridized carbons (Fsp3) is 0.286. The van der Waals surface area contributed by atoms with Crippen LogP contribution in [0.2, 0.25) is 5.02 Å². The number of rotatable bonds is 6. The Kier molecular flexibility index (Phi) is 5.24. The molecule has 2 heterocycles. The van der Waals surface area contributed by atoms with Gasteiger partial charge in [-0.2, -0.15) is 10.4 Å². The summed E-state index contributed by atoms with van der Waals surface area (Å²) in [6.07, 6.45) is 2.87. The molecule has 3 N–H and O–H groups in total. The Morgan fingerprint density at radius 2 is 2.17 bits per heavy atom. The molecule has 7 nitrogen and oxygen atoms in total. The lowest BCUT2D eigenvalue weighted by molar-refractivity contribution is 0.187. The number of aryl methyl sites for hydroxylation is 1. The van der Waals surface area contributed by atoms with E-state index in [0.717, 1.165) is 18.5 Å². The molecule has 1 atom stereocenters. The van der Waals surface area contributed by atoms with E-state index in [1.54, 1.807) is 28.9 Å². The van der Waals surface area contributed by atoms with Crippen LogP contribution in [0.15, 0.2) is 36.5 Å². The first kappa shape index (κ1) is 19.4. The van der Waals surface area contributed by atoms with Gasteiger partial charge in [0, 0.05) is 42.9 Å². The van der Waals surface area contributed by atoms with Crippen LogP contribution in [-0.4, -0.2) is 26.4 Å². The predicted octanol–water partition coefficient (Wildman–Crippen LogP) is 3.67. The highest BCUT2D eigenvalue weighted by Gasteiger charge is 2.27. The summed E-state index contributed by atoms with van der Waals surface area (Å²) in [5.41, 5.74) is 8.77. The van der Waals surface area contributed by atoms with Crippen molar-refractivity contribution in [3.63, 3.8) is 0 Å². The molecule has 1 fully saturated rings. The number of ether oxygens (including phenoxy) is 1. The van der Waals surface area contributed by atoms with Crippen LogP contribution in [0.5, 0.6) is 11.6 Å². The van der Waals surface area contributed by atoms with E-state index in [4.69, 9.17) is 22.1 Å². The van der Waals surface area contributed by atoms with Crippen LogP contribution < -0.4 is 10.5 Å². The number of hydrogen-bond donors (Lipinski definition) is 2. The molecular formula is C21H20ClN5O2. The standard InChI is InChI=1S/C21H20ClN5O2/c1-27-21(8-17(26-27)13-3-4-13)29-20-6-12(9-23)2-5-14(20)18-7-15(19(28)10-24)16(22)11-25-18/h2,5-8,11,13,19,28H,3-4,10,24H2,1H3. The average Bonchev–Trinajstić information content (AvgIpc) is 3.52. The normalized spacial score (nSPS) is 14.4. The van der Waals surface area contributed by atoms with Crippen molar-refractivity contribution >= 4 is 11.6 Å². The topological polar surface area (TPSA) is 110 Å². The maximum Gasteiger partial charge on any atom is 0.217 e. The molecule has 0 radical (unpaired) electrons. The zero-order chi connectivity index (χ0) is 20.5. The van der Waals surface area contributed by atoms with Gasteiger partial charge in [-0.25, -0.2) is 4.68 Å². The Hall–Kier alpha value is -2.92. The molecule has 0 aliphatic heterocycles. The van der Waals surface area contributed by atoms with Gasteiger partial charge in [-0.05, 0) is 37.1 Å². The van der Waals surface area contributed by atoms with Crippen molar-refractivity contribution in [2.24, 2.45) is 12.8 Å². The summed E-state index contributed by atoms with van der Waals surface area (Å²) in [6, 6.07) is 10.9. The van der Waals surface area contributed by atoms with Gasteiger partial charge in [0.2, 0.25) is 5.88 Å². The predicted molar refractivity (Wildman–Crippen MR) is 109 cm³/mol. The number of benzene rings is 1. The zero-order valence-corrected chi connectivity index (χ0v) is 16.6. The van der Waals surface area contributed by atoms with Gasteiger partial charge in [0.25, 0.3) is 0 Å². The fourth-order valence-electron chi connectivity index (χ4n) is 3.13. The molecule has 0 amide bonds. The van der Waals surface area contributed by atoms with Crippen LogP contribution in [0.25, 0.3) is 11.3 Å². The third-order valence-electron chi connectivity index (χ3n) is 4.92. The van der Waals surface area contributed by atoms with Crippen molar-refractivity contribution < 1.29 is 9.84 Å². The fourth-order valence-corrected chi connectivity index (χ4v) is 3.36. The minimum absolute atomic E-state index is 0.0405. The first-order chi connectivity index (χ1) is 14.0. The summed E-state index contributed by atoms with van der Waals surface area (Å²) in [7, 11) is 1.82. The molecule has 4 rings (SSSR count). The molecule has 3 aromatic rings. The molecule has 1 aromatic carbocycles. The molecule has 1 aliphatic rings. The van der Waals surface area contributed by atoms with E-state index in [2.05, 4.69) is 16.2 Å². The van der Waals surface area contributed by atoms with E-state index in [1.165, 1.54) is 6.20 Å². The van der Waals surface area contributed by atoms with Gasteiger partial charge in [-0.1, -0.05) is 11.6 Å². The largest absolute Gasteiger partial charge is 0.439 e. The molecular weight excluding hydrogens is 390 g/mol. The Morgan fingerprint density at radius 3 is 2.86 bits per heavy atom. The lowest BCUT2D eigenvalue weighted by atomic mass is 10.0. The number of halogens is 1. The molecule has 148 valence electrons. The van der Waals surface area contributed by atoms with E-state index in [1.807, 2.05) is 13.1 Å². The van der Waals surface area contributed by atoms with E-state index < -0.39 is 6.10 Å². The number of nitrogens with two attached hydrogens (primary N) is 1. The maximum atomic E-state index is 10.1. The van der Waals surface area contributed by atoms with Gasteiger partial charge in [0.1, 0.15) is 5.75 Å².